The molecule has 0 bridgehead atoms. The first-order valence-corrected chi connectivity index (χ1v) is 11.6. The summed E-state index contributed by atoms with van der Waals surface area (Å²) < 4.78 is 24.9. The zero-order valence-corrected chi connectivity index (χ0v) is 19.9. The van der Waals surface area contributed by atoms with Crippen molar-refractivity contribution in [3.63, 3.8) is 0 Å². The Morgan fingerprint density at radius 2 is 1.77 bits per heavy atom. The SMILES string of the molecule is COc1cc(C=C2SC(=O)N(CC(=O)c3ccc(C)cc3)C2=O)ccc1OCc1ccccc1F. The molecule has 3 aromatic carbocycles. The van der Waals surface area contributed by atoms with Crippen molar-refractivity contribution in [3.05, 3.63) is 99.7 Å². The van der Waals surface area contributed by atoms with E-state index in [0.717, 1.165) is 22.2 Å². The van der Waals surface area contributed by atoms with Crippen LogP contribution in [0.25, 0.3) is 6.08 Å². The smallest absolute Gasteiger partial charge is 0.293 e. The average molecular weight is 492 g/mol. The number of benzene rings is 3. The highest BCUT2D eigenvalue weighted by Gasteiger charge is 2.36. The molecule has 2 amide bonds. The van der Waals surface area contributed by atoms with Gasteiger partial charge in [0.1, 0.15) is 12.4 Å². The molecule has 0 unspecified atom stereocenters. The molecule has 0 atom stereocenters. The first kappa shape index (κ1) is 24.2. The highest BCUT2D eigenvalue weighted by atomic mass is 32.2. The Balaban J connectivity index is 1.47. The molecule has 178 valence electrons. The number of thioether (sulfide) groups is 1. The maximum atomic E-state index is 13.9. The zero-order chi connectivity index (χ0) is 24.9. The van der Waals surface area contributed by atoms with E-state index in [2.05, 4.69) is 0 Å². The zero-order valence-electron chi connectivity index (χ0n) is 19.1. The normalized spacial score (nSPS) is 14.5. The molecule has 1 heterocycles. The number of aryl methyl sites for hydroxylation is 1. The van der Waals surface area contributed by atoms with Gasteiger partial charge in [0, 0.05) is 11.1 Å². The van der Waals surface area contributed by atoms with E-state index in [1.54, 1.807) is 66.7 Å². The summed E-state index contributed by atoms with van der Waals surface area (Å²) in [7, 11) is 1.47. The van der Waals surface area contributed by atoms with E-state index in [-0.39, 0.29) is 29.7 Å². The molecule has 0 N–H and O–H groups in total. The number of halogens is 1. The molecule has 1 fully saturated rings. The van der Waals surface area contributed by atoms with Gasteiger partial charge in [0.25, 0.3) is 11.1 Å². The minimum absolute atomic E-state index is 0.0241. The van der Waals surface area contributed by atoms with E-state index in [0.29, 0.717) is 28.2 Å². The van der Waals surface area contributed by atoms with E-state index < -0.39 is 11.1 Å². The van der Waals surface area contributed by atoms with Crippen LogP contribution >= 0.6 is 11.8 Å². The van der Waals surface area contributed by atoms with E-state index >= 15 is 0 Å². The van der Waals surface area contributed by atoms with Gasteiger partial charge in [-0.3, -0.25) is 19.3 Å². The van der Waals surface area contributed by atoms with Gasteiger partial charge in [-0.15, -0.1) is 0 Å². The lowest BCUT2D eigenvalue weighted by atomic mass is 10.1. The quantitative estimate of drug-likeness (QED) is 0.300. The van der Waals surface area contributed by atoms with Crippen LogP contribution in [0.2, 0.25) is 0 Å². The minimum Gasteiger partial charge on any atom is -0.493 e. The summed E-state index contributed by atoms with van der Waals surface area (Å²) >= 11 is 0.776. The first-order chi connectivity index (χ1) is 16.9. The number of Topliss-reactive ketones (excluding diaryl/α,β-unsaturated/α-hetero) is 1. The summed E-state index contributed by atoms with van der Waals surface area (Å²) in [5.74, 6) is -0.404. The third kappa shape index (κ3) is 5.60. The summed E-state index contributed by atoms with van der Waals surface area (Å²) in [6.07, 6.45) is 1.56. The van der Waals surface area contributed by atoms with Crippen molar-refractivity contribution in [2.75, 3.05) is 13.7 Å². The van der Waals surface area contributed by atoms with E-state index in [1.807, 2.05) is 6.92 Å². The third-order valence-corrected chi connectivity index (χ3v) is 6.28. The standard InChI is InChI=1S/C27H22FNO5S/c1-17-7-10-19(11-8-17)22(30)15-29-26(31)25(35-27(29)32)14-18-9-12-23(24(13-18)33-2)34-16-20-5-3-4-6-21(20)28/h3-14H,15-16H2,1-2H3. The lowest BCUT2D eigenvalue weighted by Gasteiger charge is -2.12. The highest BCUT2D eigenvalue weighted by Crippen LogP contribution is 2.35. The van der Waals surface area contributed by atoms with Crippen molar-refractivity contribution in [1.82, 2.24) is 4.90 Å². The number of hydrogen-bond donors (Lipinski definition) is 0. The number of ether oxygens (including phenoxy) is 2. The van der Waals surface area contributed by atoms with Crippen LogP contribution in [-0.4, -0.2) is 35.5 Å². The predicted octanol–water partition coefficient (Wildman–Crippen LogP) is 5.64. The molecule has 1 aliphatic rings. The van der Waals surface area contributed by atoms with Gasteiger partial charge in [-0.25, -0.2) is 4.39 Å². The van der Waals surface area contributed by atoms with Crippen molar-refractivity contribution in [1.29, 1.82) is 0 Å². The molecule has 1 aliphatic heterocycles. The highest BCUT2D eigenvalue weighted by molar-refractivity contribution is 8.18. The molecule has 0 aromatic heterocycles. The van der Waals surface area contributed by atoms with Gasteiger partial charge in [-0.2, -0.15) is 0 Å². The lowest BCUT2D eigenvalue weighted by molar-refractivity contribution is -0.122. The van der Waals surface area contributed by atoms with Gasteiger partial charge in [0.15, 0.2) is 17.3 Å². The Bertz CT molecular complexity index is 1320. The summed E-state index contributed by atoms with van der Waals surface area (Å²) in [4.78, 5) is 39.0. The third-order valence-electron chi connectivity index (χ3n) is 5.38. The lowest BCUT2D eigenvalue weighted by Crippen LogP contribution is -2.33. The number of nitrogens with zero attached hydrogens (tertiary/aromatic N) is 1. The van der Waals surface area contributed by atoms with Crippen LogP contribution in [0.5, 0.6) is 11.5 Å². The van der Waals surface area contributed by atoms with Crippen molar-refractivity contribution in [3.8, 4) is 11.5 Å². The summed E-state index contributed by atoms with van der Waals surface area (Å²) in [6, 6.07) is 18.3. The number of amides is 2. The summed E-state index contributed by atoms with van der Waals surface area (Å²) in [6.45, 7) is 1.61. The van der Waals surface area contributed by atoms with Crippen LogP contribution in [0.15, 0.2) is 71.6 Å². The number of ketones is 1. The van der Waals surface area contributed by atoms with Crippen LogP contribution < -0.4 is 9.47 Å². The molecular formula is C27H22FNO5S. The second-order valence-corrected chi connectivity index (χ2v) is 8.84. The number of methoxy groups -OCH3 is 1. The summed E-state index contributed by atoms with van der Waals surface area (Å²) in [5.41, 5.74) is 2.46. The second kappa shape index (κ2) is 10.6. The number of hydrogen-bond acceptors (Lipinski definition) is 6. The van der Waals surface area contributed by atoms with Crippen LogP contribution in [0.1, 0.15) is 27.0 Å². The van der Waals surface area contributed by atoms with Gasteiger partial charge < -0.3 is 9.47 Å². The van der Waals surface area contributed by atoms with Crippen molar-refractivity contribution in [2.24, 2.45) is 0 Å². The fraction of sp³-hybridized carbons (Fsp3) is 0.148. The van der Waals surface area contributed by atoms with Crippen LogP contribution in [0.3, 0.4) is 0 Å². The molecule has 0 spiro atoms. The van der Waals surface area contributed by atoms with Gasteiger partial charge in [-0.05, 0) is 48.5 Å². The van der Waals surface area contributed by atoms with Crippen LogP contribution in [-0.2, 0) is 11.4 Å². The molecule has 0 aliphatic carbocycles. The van der Waals surface area contributed by atoms with Crippen molar-refractivity contribution < 1.29 is 28.2 Å². The molecule has 8 heteroatoms. The maximum Gasteiger partial charge on any atom is 0.293 e. The Morgan fingerprint density at radius 1 is 1.03 bits per heavy atom. The molecule has 4 rings (SSSR count). The molecular weight excluding hydrogens is 469 g/mol. The van der Waals surface area contributed by atoms with Gasteiger partial charge in [-0.1, -0.05) is 54.1 Å². The number of carbonyl (C=O) groups excluding carboxylic acids is 3. The molecule has 0 radical (unpaired) electrons. The Labute approximate surface area is 206 Å². The van der Waals surface area contributed by atoms with Crippen LogP contribution in [0, 0.1) is 12.7 Å². The molecule has 3 aromatic rings. The summed E-state index contributed by atoms with van der Waals surface area (Å²) in [5, 5.41) is -0.501. The largest absolute Gasteiger partial charge is 0.493 e. The van der Waals surface area contributed by atoms with E-state index in [9.17, 15) is 18.8 Å². The maximum absolute atomic E-state index is 13.9. The van der Waals surface area contributed by atoms with Gasteiger partial charge in [0.05, 0.1) is 18.6 Å². The number of carbonyl (C=O) groups is 3. The topological polar surface area (TPSA) is 72.9 Å². The Morgan fingerprint density at radius 3 is 2.49 bits per heavy atom. The Hall–Kier alpha value is -3.91. The fourth-order valence-electron chi connectivity index (χ4n) is 3.43. The van der Waals surface area contributed by atoms with E-state index in [4.69, 9.17) is 9.47 Å². The molecule has 0 saturated carbocycles. The van der Waals surface area contributed by atoms with Gasteiger partial charge in [0.2, 0.25) is 0 Å². The second-order valence-electron chi connectivity index (χ2n) is 7.85. The molecule has 6 nitrogen and oxygen atoms in total. The average Bonchev–Trinajstić information content (AvgIpc) is 3.11. The van der Waals surface area contributed by atoms with Gasteiger partial charge >= 0.3 is 0 Å². The number of rotatable bonds is 8. The number of imide groups is 1. The Kier molecular flexibility index (Phi) is 7.31. The monoisotopic (exact) mass is 491 g/mol. The van der Waals surface area contributed by atoms with Crippen molar-refractivity contribution in [2.45, 2.75) is 13.5 Å². The first-order valence-electron chi connectivity index (χ1n) is 10.7. The predicted molar refractivity (Wildman–Crippen MR) is 132 cm³/mol. The molecule has 1 saturated heterocycles. The van der Waals surface area contributed by atoms with E-state index in [1.165, 1.54) is 13.2 Å². The minimum atomic E-state index is -0.528. The fourth-order valence-corrected chi connectivity index (χ4v) is 4.26. The van der Waals surface area contributed by atoms with Crippen molar-refractivity contribution >= 4 is 34.8 Å². The molecule has 35 heavy (non-hydrogen) atoms. The van der Waals surface area contributed by atoms with Crippen LogP contribution in [0.4, 0.5) is 9.18 Å².